The fourth-order valence-corrected chi connectivity index (χ4v) is 2.97. The van der Waals surface area contributed by atoms with E-state index in [4.69, 9.17) is 0 Å². The summed E-state index contributed by atoms with van der Waals surface area (Å²) in [6, 6.07) is 9.86. The largest absolute Gasteiger partial charge is 0.573 e. The molecule has 130 valence electrons. The Balaban J connectivity index is 1.93. The van der Waals surface area contributed by atoms with Crippen molar-refractivity contribution in [2.24, 2.45) is 0 Å². The Hall–Kier alpha value is -2.13. The molecule has 1 N–H and O–H groups in total. The standard InChI is InChI=1S/C15H13F4NO3S/c16-13-5-1-12(2-6-13)10-24(21,22)20-9-11-3-7-14(8-4-11)23-15(17,18)19/h1-8,20H,9-10H2. The van der Waals surface area contributed by atoms with E-state index in [2.05, 4.69) is 9.46 Å². The molecule has 0 aliphatic heterocycles. The smallest absolute Gasteiger partial charge is 0.406 e. The Morgan fingerprint density at radius 2 is 1.46 bits per heavy atom. The maximum atomic E-state index is 12.8. The van der Waals surface area contributed by atoms with E-state index in [0.29, 0.717) is 11.1 Å². The maximum Gasteiger partial charge on any atom is 0.573 e. The van der Waals surface area contributed by atoms with Crippen LogP contribution in [0.15, 0.2) is 48.5 Å². The molecule has 0 amide bonds. The third kappa shape index (κ3) is 6.17. The van der Waals surface area contributed by atoms with Gasteiger partial charge in [-0.2, -0.15) is 0 Å². The van der Waals surface area contributed by atoms with Gasteiger partial charge in [0.15, 0.2) is 0 Å². The highest BCUT2D eigenvalue weighted by atomic mass is 32.2. The molecule has 0 atom stereocenters. The number of rotatable bonds is 6. The lowest BCUT2D eigenvalue weighted by atomic mass is 10.2. The molecule has 0 bridgehead atoms. The van der Waals surface area contributed by atoms with Gasteiger partial charge in [-0.1, -0.05) is 24.3 Å². The van der Waals surface area contributed by atoms with Crippen LogP contribution in [0.2, 0.25) is 0 Å². The molecule has 0 saturated heterocycles. The summed E-state index contributed by atoms with van der Waals surface area (Å²) < 4.78 is 78.8. The number of nitrogens with one attached hydrogen (secondary N) is 1. The van der Waals surface area contributed by atoms with Crippen molar-refractivity contribution in [3.63, 3.8) is 0 Å². The summed E-state index contributed by atoms with van der Waals surface area (Å²) >= 11 is 0. The minimum absolute atomic E-state index is 0.0875. The molecule has 0 aliphatic rings. The van der Waals surface area contributed by atoms with Crippen LogP contribution in [0.5, 0.6) is 5.75 Å². The van der Waals surface area contributed by atoms with Crippen LogP contribution in [-0.4, -0.2) is 14.8 Å². The van der Waals surface area contributed by atoms with Gasteiger partial charge in [0.2, 0.25) is 10.0 Å². The molecule has 0 aromatic heterocycles. The van der Waals surface area contributed by atoms with Crippen molar-refractivity contribution in [3.8, 4) is 5.75 Å². The summed E-state index contributed by atoms with van der Waals surface area (Å²) in [4.78, 5) is 0. The molecule has 2 aromatic rings. The highest BCUT2D eigenvalue weighted by molar-refractivity contribution is 7.88. The third-order valence-corrected chi connectivity index (χ3v) is 4.22. The lowest BCUT2D eigenvalue weighted by Crippen LogP contribution is -2.24. The zero-order valence-electron chi connectivity index (χ0n) is 12.2. The van der Waals surface area contributed by atoms with Crippen LogP contribution in [0.4, 0.5) is 17.6 Å². The number of ether oxygens (including phenoxy) is 1. The SMILES string of the molecule is O=S(=O)(Cc1ccc(F)cc1)NCc1ccc(OC(F)(F)F)cc1. The molecule has 0 heterocycles. The van der Waals surface area contributed by atoms with Gasteiger partial charge in [-0.25, -0.2) is 17.5 Å². The molecule has 0 fully saturated rings. The highest BCUT2D eigenvalue weighted by Crippen LogP contribution is 2.22. The fourth-order valence-electron chi connectivity index (χ4n) is 1.85. The fraction of sp³-hybridized carbons (Fsp3) is 0.200. The molecule has 0 aliphatic carbocycles. The summed E-state index contributed by atoms with van der Waals surface area (Å²) in [7, 11) is -3.67. The van der Waals surface area contributed by atoms with Crippen molar-refractivity contribution in [3.05, 3.63) is 65.5 Å². The molecule has 0 spiro atoms. The third-order valence-electron chi connectivity index (χ3n) is 2.92. The first kappa shape index (κ1) is 18.2. The molecular formula is C15H13F4NO3S. The van der Waals surface area contributed by atoms with Crippen LogP contribution >= 0.6 is 0 Å². The molecule has 4 nitrogen and oxygen atoms in total. The van der Waals surface area contributed by atoms with Crippen LogP contribution in [0, 0.1) is 5.82 Å². The molecule has 0 unspecified atom stereocenters. The topological polar surface area (TPSA) is 55.4 Å². The van der Waals surface area contributed by atoms with E-state index in [9.17, 15) is 26.0 Å². The van der Waals surface area contributed by atoms with Gasteiger partial charge in [0, 0.05) is 6.54 Å². The zero-order chi connectivity index (χ0) is 17.8. The van der Waals surface area contributed by atoms with Gasteiger partial charge in [-0.15, -0.1) is 13.2 Å². The van der Waals surface area contributed by atoms with Gasteiger partial charge in [0.1, 0.15) is 11.6 Å². The molecule has 0 radical (unpaired) electrons. The first-order chi connectivity index (χ1) is 11.1. The summed E-state index contributed by atoms with van der Waals surface area (Å²) in [5.74, 6) is -1.19. The van der Waals surface area contributed by atoms with Crippen LogP contribution in [-0.2, 0) is 22.3 Å². The number of alkyl halides is 3. The summed E-state index contributed by atoms with van der Waals surface area (Å²) in [5.41, 5.74) is 0.880. The van der Waals surface area contributed by atoms with Crippen molar-refractivity contribution >= 4 is 10.0 Å². The van der Waals surface area contributed by atoms with Crippen molar-refractivity contribution in [1.82, 2.24) is 4.72 Å². The minimum atomic E-state index is -4.78. The number of sulfonamides is 1. The Kier molecular flexibility index (Phi) is 5.45. The molecular weight excluding hydrogens is 350 g/mol. The summed E-state index contributed by atoms with van der Waals surface area (Å²) in [6.45, 7) is -0.0875. The van der Waals surface area contributed by atoms with Crippen molar-refractivity contribution in [2.45, 2.75) is 18.7 Å². The molecule has 24 heavy (non-hydrogen) atoms. The lowest BCUT2D eigenvalue weighted by molar-refractivity contribution is -0.274. The summed E-state index contributed by atoms with van der Waals surface area (Å²) in [5, 5.41) is 0. The van der Waals surface area contributed by atoms with E-state index in [0.717, 1.165) is 24.3 Å². The highest BCUT2D eigenvalue weighted by Gasteiger charge is 2.30. The Bertz CT molecular complexity index is 772. The van der Waals surface area contributed by atoms with Crippen LogP contribution < -0.4 is 9.46 Å². The van der Waals surface area contributed by atoms with E-state index in [1.165, 1.54) is 24.3 Å². The van der Waals surface area contributed by atoms with Gasteiger partial charge in [0.05, 0.1) is 5.75 Å². The second kappa shape index (κ2) is 7.18. The van der Waals surface area contributed by atoms with Crippen molar-refractivity contribution < 1.29 is 30.7 Å². The van der Waals surface area contributed by atoms with E-state index in [1.807, 2.05) is 0 Å². The van der Waals surface area contributed by atoms with E-state index >= 15 is 0 Å². The number of hydrogen-bond acceptors (Lipinski definition) is 3. The van der Waals surface area contributed by atoms with Crippen molar-refractivity contribution in [1.29, 1.82) is 0 Å². The predicted octanol–water partition coefficient (Wildman–Crippen LogP) is 3.34. The quantitative estimate of drug-likeness (QED) is 0.801. The zero-order valence-corrected chi connectivity index (χ0v) is 13.0. The monoisotopic (exact) mass is 363 g/mol. The minimum Gasteiger partial charge on any atom is -0.406 e. The van der Waals surface area contributed by atoms with Crippen molar-refractivity contribution in [2.75, 3.05) is 0 Å². The van der Waals surface area contributed by atoms with Gasteiger partial charge in [-0.3, -0.25) is 0 Å². The van der Waals surface area contributed by atoms with E-state index < -0.39 is 22.2 Å². The van der Waals surface area contributed by atoms with Gasteiger partial charge in [0.25, 0.3) is 0 Å². The van der Waals surface area contributed by atoms with Gasteiger partial charge >= 0.3 is 6.36 Å². The van der Waals surface area contributed by atoms with Gasteiger partial charge in [-0.05, 0) is 35.4 Å². The molecule has 2 aromatic carbocycles. The van der Waals surface area contributed by atoms with E-state index in [-0.39, 0.29) is 18.0 Å². The van der Waals surface area contributed by atoms with Crippen LogP contribution in [0.1, 0.15) is 11.1 Å². The number of benzene rings is 2. The Labute approximate surface area is 136 Å². The second-order valence-electron chi connectivity index (χ2n) is 4.90. The Morgan fingerprint density at radius 3 is 2.00 bits per heavy atom. The normalized spacial score (nSPS) is 12.2. The van der Waals surface area contributed by atoms with E-state index in [1.54, 1.807) is 0 Å². The van der Waals surface area contributed by atoms with Gasteiger partial charge < -0.3 is 4.74 Å². The molecule has 0 saturated carbocycles. The average molecular weight is 363 g/mol. The summed E-state index contributed by atoms with van der Waals surface area (Å²) in [6.07, 6.45) is -4.78. The average Bonchev–Trinajstić information content (AvgIpc) is 2.47. The molecule has 9 heteroatoms. The first-order valence-corrected chi connectivity index (χ1v) is 8.35. The second-order valence-corrected chi connectivity index (χ2v) is 6.71. The predicted molar refractivity (Wildman–Crippen MR) is 79.0 cm³/mol. The molecule has 2 rings (SSSR count). The van der Waals surface area contributed by atoms with Crippen LogP contribution in [0.3, 0.4) is 0 Å². The lowest BCUT2D eigenvalue weighted by Gasteiger charge is -2.10. The number of hydrogen-bond donors (Lipinski definition) is 1. The number of halogens is 4. The Morgan fingerprint density at radius 1 is 0.917 bits per heavy atom. The maximum absolute atomic E-state index is 12.8. The van der Waals surface area contributed by atoms with Crippen LogP contribution in [0.25, 0.3) is 0 Å². The first-order valence-electron chi connectivity index (χ1n) is 6.69.